The van der Waals surface area contributed by atoms with Crippen LogP contribution in [0, 0.1) is 0 Å². The number of ether oxygens (including phenoxy) is 1. The van der Waals surface area contributed by atoms with E-state index in [2.05, 4.69) is 33.8 Å². The van der Waals surface area contributed by atoms with E-state index in [-0.39, 0.29) is 5.97 Å². The molecule has 0 fully saturated rings. The van der Waals surface area contributed by atoms with E-state index < -0.39 is 0 Å². The van der Waals surface area contributed by atoms with Crippen LogP contribution in [0.3, 0.4) is 0 Å². The van der Waals surface area contributed by atoms with Crippen molar-refractivity contribution in [2.24, 2.45) is 0 Å². The van der Waals surface area contributed by atoms with E-state index in [9.17, 15) is 4.79 Å². The standard InChI is InChI=1S/C15H22O2/c1-6-17-15(16)14-9-12(10(2)3)7-8-13(14)11(4)5/h7-11H,6H2,1-5H3. The van der Waals surface area contributed by atoms with Crippen molar-refractivity contribution in [3.63, 3.8) is 0 Å². The third-order valence-electron chi connectivity index (χ3n) is 2.86. The van der Waals surface area contributed by atoms with Crippen molar-refractivity contribution < 1.29 is 9.53 Å². The molecule has 17 heavy (non-hydrogen) atoms. The first kappa shape index (κ1) is 13.8. The van der Waals surface area contributed by atoms with E-state index in [4.69, 9.17) is 4.74 Å². The molecule has 0 saturated heterocycles. The van der Waals surface area contributed by atoms with Crippen LogP contribution in [0.4, 0.5) is 0 Å². The maximum Gasteiger partial charge on any atom is 0.338 e. The van der Waals surface area contributed by atoms with Crippen molar-refractivity contribution >= 4 is 5.97 Å². The average molecular weight is 234 g/mol. The molecule has 0 saturated carbocycles. The summed E-state index contributed by atoms with van der Waals surface area (Å²) in [6, 6.07) is 6.12. The summed E-state index contributed by atoms with van der Waals surface area (Å²) in [5, 5.41) is 0. The minimum absolute atomic E-state index is 0.210. The first-order chi connectivity index (χ1) is 7.97. The number of benzene rings is 1. The van der Waals surface area contributed by atoms with Gasteiger partial charge >= 0.3 is 5.97 Å². The quantitative estimate of drug-likeness (QED) is 0.733. The Balaban J connectivity index is 3.20. The Morgan fingerprint density at radius 1 is 1.18 bits per heavy atom. The molecule has 94 valence electrons. The smallest absolute Gasteiger partial charge is 0.338 e. The Morgan fingerprint density at radius 2 is 1.82 bits per heavy atom. The van der Waals surface area contributed by atoms with Gasteiger partial charge in [0, 0.05) is 0 Å². The van der Waals surface area contributed by atoms with Crippen LogP contribution in [-0.4, -0.2) is 12.6 Å². The predicted molar refractivity (Wildman–Crippen MR) is 70.6 cm³/mol. The summed E-state index contributed by atoms with van der Waals surface area (Å²) in [5.74, 6) is 0.540. The lowest BCUT2D eigenvalue weighted by Gasteiger charge is -2.15. The lowest BCUT2D eigenvalue weighted by Crippen LogP contribution is -2.10. The molecule has 2 heteroatoms. The topological polar surface area (TPSA) is 26.3 Å². The van der Waals surface area contributed by atoms with Gasteiger partial charge in [-0.25, -0.2) is 4.79 Å². The molecule has 0 aromatic heterocycles. The fraction of sp³-hybridized carbons (Fsp3) is 0.533. The van der Waals surface area contributed by atoms with Gasteiger partial charge in [-0.2, -0.15) is 0 Å². The summed E-state index contributed by atoms with van der Waals surface area (Å²) in [6.45, 7) is 10.7. The average Bonchev–Trinajstić information content (AvgIpc) is 2.28. The summed E-state index contributed by atoms with van der Waals surface area (Å²) < 4.78 is 5.11. The summed E-state index contributed by atoms with van der Waals surface area (Å²) >= 11 is 0. The van der Waals surface area contributed by atoms with Gasteiger partial charge < -0.3 is 4.74 Å². The third-order valence-corrected chi connectivity index (χ3v) is 2.86. The van der Waals surface area contributed by atoms with Crippen LogP contribution in [0.15, 0.2) is 18.2 Å². The Kier molecular flexibility index (Phi) is 4.73. The molecule has 1 rings (SSSR count). The monoisotopic (exact) mass is 234 g/mol. The van der Waals surface area contributed by atoms with Gasteiger partial charge in [-0.1, -0.05) is 39.8 Å². The van der Waals surface area contributed by atoms with Crippen LogP contribution in [0.5, 0.6) is 0 Å². The lowest BCUT2D eigenvalue weighted by molar-refractivity contribution is 0.0524. The molecule has 2 nitrogen and oxygen atoms in total. The van der Waals surface area contributed by atoms with E-state index in [1.165, 1.54) is 5.56 Å². The minimum atomic E-state index is -0.210. The number of hydrogen-bond acceptors (Lipinski definition) is 2. The molecular weight excluding hydrogens is 212 g/mol. The van der Waals surface area contributed by atoms with Gasteiger partial charge in [-0.05, 0) is 36.0 Å². The molecule has 1 aromatic carbocycles. The van der Waals surface area contributed by atoms with Crippen molar-refractivity contribution in [2.75, 3.05) is 6.61 Å². The second kappa shape index (κ2) is 5.85. The van der Waals surface area contributed by atoms with Crippen LogP contribution < -0.4 is 0 Å². The molecule has 0 aliphatic rings. The molecule has 0 bridgehead atoms. The zero-order valence-electron chi connectivity index (χ0n) is 11.4. The van der Waals surface area contributed by atoms with E-state index in [1.54, 1.807) is 0 Å². The van der Waals surface area contributed by atoms with Crippen molar-refractivity contribution in [3.05, 3.63) is 34.9 Å². The lowest BCUT2D eigenvalue weighted by atomic mass is 9.92. The highest BCUT2D eigenvalue weighted by molar-refractivity contribution is 5.91. The largest absolute Gasteiger partial charge is 0.462 e. The number of rotatable bonds is 4. The molecule has 0 N–H and O–H groups in total. The number of hydrogen-bond donors (Lipinski definition) is 0. The zero-order valence-corrected chi connectivity index (χ0v) is 11.4. The maximum absolute atomic E-state index is 11.9. The predicted octanol–water partition coefficient (Wildman–Crippen LogP) is 4.11. The van der Waals surface area contributed by atoms with Gasteiger partial charge in [0.25, 0.3) is 0 Å². The SMILES string of the molecule is CCOC(=O)c1cc(C(C)C)ccc1C(C)C. The van der Waals surface area contributed by atoms with Gasteiger partial charge in [0.1, 0.15) is 0 Å². The first-order valence-electron chi connectivity index (χ1n) is 6.28. The highest BCUT2D eigenvalue weighted by atomic mass is 16.5. The molecular formula is C15H22O2. The van der Waals surface area contributed by atoms with Crippen molar-refractivity contribution in [1.82, 2.24) is 0 Å². The molecule has 0 aliphatic carbocycles. The maximum atomic E-state index is 11.9. The molecule has 0 heterocycles. The fourth-order valence-corrected chi connectivity index (χ4v) is 1.82. The van der Waals surface area contributed by atoms with Gasteiger partial charge in [0.05, 0.1) is 12.2 Å². The van der Waals surface area contributed by atoms with Crippen LogP contribution in [-0.2, 0) is 4.74 Å². The molecule has 0 aliphatic heterocycles. The Bertz CT molecular complexity index is 392. The van der Waals surface area contributed by atoms with Crippen molar-refractivity contribution in [3.8, 4) is 0 Å². The molecule has 0 spiro atoms. The number of carbonyl (C=O) groups excluding carboxylic acids is 1. The van der Waals surface area contributed by atoms with Crippen LogP contribution in [0.2, 0.25) is 0 Å². The van der Waals surface area contributed by atoms with Gasteiger partial charge in [-0.3, -0.25) is 0 Å². The Labute approximate surface area is 104 Å². The third kappa shape index (κ3) is 3.32. The van der Waals surface area contributed by atoms with E-state index in [1.807, 2.05) is 19.1 Å². The van der Waals surface area contributed by atoms with Crippen LogP contribution in [0.1, 0.15) is 67.9 Å². The second-order valence-electron chi connectivity index (χ2n) is 4.88. The summed E-state index contributed by atoms with van der Waals surface area (Å²) in [5.41, 5.74) is 2.96. The normalized spacial score (nSPS) is 11.0. The number of esters is 1. The van der Waals surface area contributed by atoms with Crippen LogP contribution >= 0.6 is 0 Å². The van der Waals surface area contributed by atoms with E-state index in [0.29, 0.717) is 24.0 Å². The Hall–Kier alpha value is -1.31. The van der Waals surface area contributed by atoms with Crippen molar-refractivity contribution in [2.45, 2.75) is 46.5 Å². The molecule has 0 amide bonds. The van der Waals surface area contributed by atoms with Gasteiger partial charge in [-0.15, -0.1) is 0 Å². The molecule has 0 radical (unpaired) electrons. The molecule has 1 aromatic rings. The molecule has 0 atom stereocenters. The fourth-order valence-electron chi connectivity index (χ4n) is 1.82. The highest BCUT2D eigenvalue weighted by Gasteiger charge is 2.16. The minimum Gasteiger partial charge on any atom is -0.462 e. The summed E-state index contributed by atoms with van der Waals surface area (Å²) in [6.07, 6.45) is 0. The summed E-state index contributed by atoms with van der Waals surface area (Å²) in [7, 11) is 0. The first-order valence-corrected chi connectivity index (χ1v) is 6.28. The van der Waals surface area contributed by atoms with E-state index in [0.717, 1.165) is 5.56 Å². The van der Waals surface area contributed by atoms with Gasteiger partial charge in [0.2, 0.25) is 0 Å². The molecule has 0 unspecified atom stereocenters. The van der Waals surface area contributed by atoms with E-state index >= 15 is 0 Å². The highest BCUT2D eigenvalue weighted by Crippen LogP contribution is 2.25. The Morgan fingerprint density at radius 3 is 2.29 bits per heavy atom. The van der Waals surface area contributed by atoms with Gasteiger partial charge in [0.15, 0.2) is 0 Å². The van der Waals surface area contributed by atoms with Crippen molar-refractivity contribution in [1.29, 1.82) is 0 Å². The second-order valence-corrected chi connectivity index (χ2v) is 4.88. The van der Waals surface area contributed by atoms with Crippen LogP contribution in [0.25, 0.3) is 0 Å². The zero-order chi connectivity index (χ0) is 13.0. The summed E-state index contributed by atoms with van der Waals surface area (Å²) in [4.78, 5) is 11.9. The number of carbonyl (C=O) groups is 1.